The maximum atomic E-state index is 13.0. The quantitative estimate of drug-likeness (QED) is 0.714. The Kier molecular flexibility index (Phi) is 4.48. The number of benzene rings is 1. The van der Waals surface area contributed by atoms with Gasteiger partial charge >= 0.3 is 6.18 Å². The lowest BCUT2D eigenvalue weighted by Crippen LogP contribution is -2.34. The molecule has 0 spiro atoms. The van der Waals surface area contributed by atoms with Crippen LogP contribution >= 0.6 is 0 Å². The number of ether oxygens (including phenoxy) is 1. The molecule has 0 saturated heterocycles. The highest BCUT2D eigenvalue weighted by molar-refractivity contribution is 5.98. The van der Waals surface area contributed by atoms with E-state index in [9.17, 15) is 18.0 Å². The lowest BCUT2D eigenvalue weighted by molar-refractivity contribution is -0.182. The van der Waals surface area contributed by atoms with Crippen LogP contribution in [0.4, 0.5) is 13.2 Å². The van der Waals surface area contributed by atoms with Crippen LogP contribution in [0.25, 0.3) is 10.9 Å². The highest BCUT2D eigenvalue weighted by Crippen LogP contribution is 2.34. The number of aromatic nitrogens is 4. The van der Waals surface area contributed by atoms with E-state index in [-0.39, 0.29) is 31.8 Å². The van der Waals surface area contributed by atoms with E-state index in [2.05, 4.69) is 20.5 Å². The van der Waals surface area contributed by atoms with E-state index in [1.165, 1.54) is 4.57 Å². The van der Waals surface area contributed by atoms with Gasteiger partial charge in [-0.15, -0.1) is 10.2 Å². The number of aryl methyl sites for hydroxylation is 1. The molecule has 3 aromatic rings. The summed E-state index contributed by atoms with van der Waals surface area (Å²) in [6.45, 7) is -0.224. The van der Waals surface area contributed by atoms with Gasteiger partial charge < -0.3 is 19.6 Å². The summed E-state index contributed by atoms with van der Waals surface area (Å²) in [7, 11) is 1.56. The Bertz CT molecular complexity index is 1020. The van der Waals surface area contributed by atoms with Crippen molar-refractivity contribution >= 4 is 16.8 Å². The van der Waals surface area contributed by atoms with Crippen LogP contribution in [0.15, 0.2) is 24.3 Å². The molecule has 3 heterocycles. The van der Waals surface area contributed by atoms with Crippen molar-refractivity contribution in [3.8, 4) is 5.75 Å². The fraction of sp³-hybridized carbons (Fsp3) is 0.389. The van der Waals surface area contributed by atoms with Crippen LogP contribution in [0.5, 0.6) is 5.75 Å². The van der Waals surface area contributed by atoms with Crippen LogP contribution in [0.1, 0.15) is 28.6 Å². The molecule has 1 atom stereocenters. The van der Waals surface area contributed by atoms with Crippen molar-refractivity contribution in [1.82, 2.24) is 25.1 Å². The van der Waals surface area contributed by atoms with Crippen LogP contribution in [0.2, 0.25) is 0 Å². The normalized spacial score (nSPS) is 16.8. The average molecular weight is 393 g/mol. The molecule has 28 heavy (non-hydrogen) atoms. The SMILES string of the molecule is COc1ccc2cc(C(=O)NCc3nnc4n3C[C@@H](C(F)(F)F)CC4)[nH]c2c1. The van der Waals surface area contributed by atoms with Crippen LogP contribution < -0.4 is 10.1 Å². The first-order valence-electron chi connectivity index (χ1n) is 8.78. The van der Waals surface area contributed by atoms with Crippen molar-refractivity contribution in [1.29, 1.82) is 0 Å². The number of fused-ring (bicyclic) bond motifs is 2. The van der Waals surface area contributed by atoms with Gasteiger partial charge in [0.1, 0.15) is 17.3 Å². The predicted molar refractivity (Wildman–Crippen MR) is 93.9 cm³/mol. The molecule has 0 fully saturated rings. The number of hydrogen-bond acceptors (Lipinski definition) is 4. The molecule has 2 N–H and O–H groups in total. The van der Waals surface area contributed by atoms with Gasteiger partial charge in [-0.2, -0.15) is 13.2 Å². The van der Waals surface area contributed by atoms with Crippen LogP contribution in [-0.4, -0.2) is 38.9 Å². The molecule has 4 rings (SSSR count). The van der Waals surface area contributed by atoms with Gasteiger partial charge in [-0.05, 0) is 24.6 Å². The Hall–Kier alpha value is -3.04. The zero-order valence-electron chi connectivity index (χ0n) is 15.0. The smallest absolute Gasteiger partial charge is 0.393 e. The van der Waals surface area contributed by atoms with Gasteiger partial charge in [-0.3, -0.25) is 4.79 Å². The van der Waals surface area contributed by atoms with Crippen molar-refractivity contribution in [2.75, 3.05) is 7.11 Å². The molecule has 0 saturated carbocycles. The molecule has 0 bridgehead atoms. The summed E-state index contributed by atoms with van der Waals surface area (Å²) < 4.78 is 45.7. The molecule has 1 aliphatic heterocycles. The molecule has 2 aromatic heterocycles. The number of alkyl halides is 3. The number of carbonyl (C=O) groups excluding carboxylic acids is 1. The van der Waals surface area contributed by atoms with Crippen molar-refractivity contribution in [3.05, 3.63) is 41.6 Å². The first-order valence-corrected chi connectivity index (χ1v) is 8.78. The first kappa shape index (κ1) is 18.3. The number of H-pyrrole nitrogens is 1. The lowest BCUT2D eigenvalue weighted by Gasteiger charge is -2.26. The topological polar surface area (TPSA) is 84.8 Å². The van der Waals surface area contributed by atoms with E-state index in [1.54, 1.807) is 25.3 Å². The largest absolute Gasteiger partial charge is 0.497 e. The zero-order chi connectivity index (χ0) is 19.9. The Morgan fingerprint density at radius 1 is 1.36 bits per heavy atom. The van der Waals surface area contributed by atoms with Gasteiger partial charge in [0, 0.05) is 29.9 Å². The van der Waals surface area contributed by atoms with Crippen molar-refractivity contribution in [2.24, 2.45) is 5.92 Å². The molecular weight excluding hydrogens is 375 g/mol. The molecule has 1 amide bonds. The minimum atomic E-state index is -4.26. The monoisotopic (exact) mass is 393 g/mol. The summed E-state index contributed by atoms with van der Waals surface area (Å²) in [6.07, 6.45) is -4.03. The minimum absolute atomic E-state index is 0.00486. The highest BCUT2D eigenvalue weighted by Gasteiger charge is 2.42. The van der Waals surface area contributed by atoms with Gasteiger partial charge in [0.05, 0.1) is 19.6 Å². The molecule has 7 nitrogen and oxygen atoms in total. The number of halogens is 3. The molecule has 0 unspecified atom stereocenters. The Labute approximate surface area is 157 Å². The maximum Gasteiger partial charge on any atom is 0.393 e. The van der Waals surface area contributed by atoms with E-state index in [4.69, 9.17) is 4.74 Å². The van der Waals surface area contributed by atoms with Crippen LogP contribution in [0, 0.1) is 5.92 Å². The average Bonchev–Trinajstić information content (AvgIpc) is 3.28. The second-order valence-corrected chi connectivity index (χ2v) is 6.74. The van der Waals surface area contributed by atoms with Gasteiger partial charge in [0.2, 0.25) is 0 Å². The number of nitrogens with zero attached hydrogens (tertiary/aromatic N) is 3. The van der Waals surface area contributed by atoms with Crippen molar-refractivity contribution in [3.63, 3.8) is 0 Å². The third-order valence-corrected chi connectivity index (χ3v) is 4.97. The Morgan fingerprint density at radius 3 is 2.93 bits per heavy atom. The molecular formula is C18H18F3N5O2. The fourth-order valence-electron chi connectivity index (χ4n) is 3.39. The van der Waals surface area contributed by atoms with Gasteiger partial charge in [0.15, 0.2) is 5.82 Å². The number of nitrogens with one attached hydrogen (secondary N) is 2. The number of carbonyl (C=O) groups is 1. The summed E-state index contributed by atoms with van der Waals surface area (Å²) in [5.41, 5.74) is 1.09. The van der Waals surface area contributed by atoms with E-state index >= 15 is 0 Å². The van der Waals surface area contributed by atoms with Crippen LogP contribution in [0.3, 0.4) is 0 Å². The van der Waals surface area contributed by atoms with Gasteiger partial charge in [-0.25, -0.2) is 0 Å². The Balaban J connectivity index is 1.47. The second kappa shape index (κ2) is 6.84. The number of hydrogen-bond donors (Lipinski definition) is 2. The number of amides is 1. The Morgan fingerprint density at radius 2 is 2.18 bits per heavy atom. The van der Waals surface area contributed by atoms with Gasteiger partial charge in [-0.1, -0.05) is 0 Å². The first-order chi connectivity index (χ1) is 13.3. The molecule has 148 valence electrons. The molecule has 0 radical (unpaired) electrons. The zero-order valence-corrected chi connectivity index (χ0v) is 15.0. The lowest BCUT2D eigenvalue weighted by atomic mass is 9.99. The van der Waals surface area contributed by atoms with Crippen molar-refractivity contribution in [2.45, 2.75) is 32.1 Å². The molecule has 10 heteroatoms. The fourth-order valence-corrected chi connectivity index (χ4v) is 3.39. The summed E-state index contributed by atoms with van der Waals surface area (Å²) in [5.74, 6) is -0.307. The standard InChI is InChI=1S/C18H18F3N5O2/c1-28-12-4-2-10-6-14(23-13(10)7-12)17(27)22-8-16-25-24-15-5-3-11(9-26(15)16)18(19,20)21/h2,4,6-7,11,23H,3,5,8-9H2,1H3,(H,22,27)/t11-/m0/s1. The highest BCUT2D eigenvalue weighted by atomic mass is 19.4. The third kappa shape index (κ3) is 3.41. The molecule has 0 aliphatic carbocycles. The number of rotatable bonds is 4. The van der Waals surface area contributed by atoms with Crippen molar-refractivity contribution < 1.29 is 22.7 Å². The van der Waals surface area contributed by atoms with E-state index < -0.39 is 12.1 Å². The third-order valence-electron chi connectivity index (χ3n) is 4.97. The number of aromatic amines is 1. The summed E-state index contributed by atoms with van der Waals surface area (Å²) in [4.78, 5) is 15.5. The van der Waals surface area contributed by atoms with E-state index in [1.807, 2.05) is 6.07 Å². The number of methoxy groups -OCH3 is 1. The second-order valence-electron chi connectivity index (χ2n) is 6.74. The summed E-state index contributed by atoms with van der Waals surface area (Å²) >= 11 is 0. The van der Waals surface area contributed by atoms with Crippen LogP contribution in [-0.2, 0) is 19.5 Å². The molecule has 1 aliphatic rings. The van der Waals surface area contributed by atoms with E-state index in [0.717, 1.165) is 10.9 Å². The van der Waals surface area contributed by atoms with E-state index in [0.29, 0.717) is 23.1 Å². The van der Waals surface area contributed by atoms with Gasteiger partial charge in [0.25, 0.3) is 5.91 Å². The summed E-state index contributed by atoms with van der Waals surface area (Å²) in [6, 6.07) is 7.09. The molecule has 1 aromatic carbocycles. The maximum absolute atomic E-state index is 13.0. The minimum Gasteiger partial charge on any atom is -0.497 e. The summed E-state index contributed by atoms with van der Waals surface area (Å²) in [5, 5.41) is 11.4. The predicted octanol–water partition coefficient (Wildman–Crippen LogP) is 2.82.